The Morgan fingerprint density at radius 1 is 0.780 bits per heavy atom. The Bertz CT molecular complexity index is 1360. The summed E-state index contributed by atoms with van der Waals surface area (Å²) in [5.74, 6) is -1.46. The molecule has 8 N–H and O–H groups in total. The molecule has 274 valence electrons. The number of piperazine rings is 1. The first-order chi connectivity index (χ1) is 24.1. The van der Waals surface area contributed by atoms with E-state index in [4.69, 9.17) is 11.5 Å². The molecule has 2 fully saturated rings. The fraction of sp³-hybridized carbons (Fsp3) is 0.579. The molecule has 12 nitrogen and oxygen atoms in total. The van der Waals surface area contributed by atoms with E-state index in [0.29, 0.717) is 51.9 Å². The number of carbonyl (C=O) groups excluding carboxylic acids is 4. The average Bonchev–Trinajstić information content (AvgIpc) is 3.37. The van der Waals surface area contributed by atoms with Crippen molar-refractivity contribution < 1.29 is 24.3 Å². The number of nitrogens with two attached hydrogens (primary N) is 2. The predicted octanol–water partition coefficient (Wildman–Crippen LogP) is 1.10. The summed E-state index contributed by atoms with van der Waals surface area (Å²) in [6.45, 7) is 6.45. The number of rotatable bonds is 19. The number of nitrogens with zero attached hydrogens (tertiary/aromatic N) is 2. The lowest BCUT2D eigenvalue weighted by atomic mass is 9.99. The lowest BCUT2D eigenvalue weighted by molar-refractivity contribution is -0.142. The van der Waals surface area contributed by atoms with Crippen LogP contribution in [0.4, 0.5) is 0 Å². The first-order valence-electron chi connectivity index (χ1n) is 18.2. The molecule has 0 radical (unpaired) electrons. The number of benzene rings is 2. The van der Waals surface area contributed by atoms with Gasteiger partial charge in [0.15, 0.2) is 0 Å². The van der Waals surface area contributed by atoms with Crippen LogP contribution in [-0.4, -0.2) is 108 Å². The molecular formula is C38H57N7O5. The van der Waals surface area contributed by atoms with Crippen molar-refractivity contribution >= 4 is 23.6 Å². The highest BCUT2D eigenvalue weighted by Gasteiger charge is 2.44. The highest BCUT2D eigenvalue weighted by molar-refractivity contribution is 5.95. The number of unbranched alkanes of at least 4 members (excludes halogenated alkanes) is 1. The second-order valence-corrected chi connectivity index (χ2v) is 14.2. The molecule has 2 aromatic carbocycles. The Morgan fingerprint density at radius 3 is 1.88 bits per heavy atom. The van der Waals surface area contributed by atoms with Crippen LogP contribution >= 0.6 is 0 Å². The van der Waals surface area contributed by atoms with Gasteiger partial charge in [-0.2, -0.15) is 0 Å². The minimum absolute atomic E-state index is 0.0310. The molecular weight excluding hydrogens is 634 g/mol. The average molecular weight is 692 g/mol. The smallest absolute Gasteiger partial charge is 0.245 e. The number of hydrogen-bond acceptors (Lipinski definition) is 8. The van der Waals surface area contributed by atoms with E-state index < -0.39 is 41.9 Å². The Labute approximate surface area is 296 Å². The Balaban J connectivity index is 1.49. The molecule has 0 aliphatic carbocycles. The first-order valence-corrected chi connectivity index (χ1v) is 18.2. The van der Waals surface area contributed by atoms with Gasteiger partial charge in [-0.1, -0.05) is 74.5 Å². The summed E-state index contributed by atoms with van der Waals surface area (Å²) >= 11 is 0. The maximum Gasteiger partial charge on any atom is 0.245 e. The third-order valence-electron chi connectivity index (χ3n) is 9.68. The van der Waals surface area contributed by atoms with Gasteiger partial charge in [-0.15, -0.1) is 0 Å². The summed E-state index contributed by atoms with van der Waals surface area (Å²) in [7, 11) is 0. The van der Waals surface area contributed by atoms with Crippen LogP contribution in [-0.2, 0) is 32.0 Å². The summed E-state index contributed by atoms with van der Waals surface area (Å²) in [6.07, 6.45) is 4.45. The summed E-state index contributed by atoms with van der Waals surface area (Å²) in [4.78, 5) is 59.5. The lowest BCUT2D eigenvalue weighted by Crippen LogP contribution is -2.62. The van der Waals surface area contributed by atoms with E-state index in [-0.39, 0.29) is 36.9 Å². The predicted molar refractivity (Wildman–Crippen MR) is 194 cm³/mol. The molecule has 2 aliphatic rings. The third-order valence-corrected chi connectivity index (χ3v) is 9.68. The monoisotopic (exact) mass is 691 g/mol. The molecule has 12 heteroatoms. The summed E-state index contributed by atoms with van der Waals surface area (Å²) in [5.41, 5.74) is 13.8. The SMILES string of the molecule is CC(C)CC(NC(=O)C(Cc1ccccc1)NC(=O)C(N)Cc1ccccc1)C(=O)NC(CCCCN)C(=O)N1C2CCC1CN(CCO)C2. The van der Waals surface area contributed by atoms with E-state index in [9.17, 15) is 24.3 Å². The van der Waals surface area contributed by atoms with E-state index >= 15 is 0 Å². The quantitative estimate of drug-likeness (QED) is 0.118. The molecule has 2 aromatic rings. The van der Waals surface area contributed by atoms with Crippen molar-refractivity contribution in [3.63, 3.8) is 0 Å². The van der Waals surface area contributed by atoms with E-state index in [2.05, 4.69) is 20.9 Å². The van der Waals surface area contributed by atoms with Gasteiger partial charge in [0.05, 0.1) is 12.6 Å². The Morgan fingerprint density at radius 2 is 1.32 bits per heavy atom. The molecule has 2 heterocycles. The zero-order valence-electron chi connectivity index (χ0n) is 29.6. The van der Waals surface area contributed by atoms with Crippen LogP contribution in [0.25, 0.3) is 0 Å². The molecule has 6 unspecified atom stereocenters. The van der Waals surface area contributed by atoms with E-state index in [0.717, 1.165) is 30.4 Å². The van der Waals surface area contributed by atoms with E-state index in [1.165, 1.54) is 0 Å². The molecule has 50 heavy (non-hydrogen) atoms. The highest BCUT2D eigenvalue weighted by atomic mass is 16.3. The van der Waals surface area contributed by atoms with Gasteiger partial charge in [-0.05, 0) is 68.5 Å². The largest absolute Gasteiger partial charge is 0.395 e. The number of nitrogens with one attached hydrogen (secondary N) is 3. The molecule has 4 amide bonds. The lowest BCUT2D eigenvalue weighted by Gasteiger charge is -2.42. The molecule has 0 aromatic heterocycles. The number of hydrogen-bond donors (Lipinski definition) is 6. The molecule has 2 aliphatic heterocycles. The van der Waals surface area contributed by atoms with Gasteiger partial charge in [0, 0.05) is 38.1 Å². The van der Waals surface area contributed by atoms with Crippen molar-refractivity contribution in [3.8, 4) is 0 Å². The molecule has 2 saturated heterocycles. The van der Waals surface area contributed by atoms with Gasteiger partial charge in [-0.3, -0.25) is 24.1 Å². The number of aliphatic hydroxyl groups is 1. The van der Waals surface area contributed by atoms with Crippen LogP contribution in [0.15, 0.2) is 60.7 Å². The van der Waals surface area contributed by atoms with Crippen molar-refractivity contribution in [2.75, 3.05) is 32.8 Å². The summed E-state index contributed by atoms with van der Waals surface area (Å²) in [5, 5.41) is 18.3. The van der Waals surface area contributed by atoms with Gasteiger partial charge in [0.2, 0.25) is 23.6 Å². The Hall–Kier alpha value is -3.84. The second-order valence-electron chi connectivity index (χ2n) is 14.2. The van der Waals surface area contributed by atoms with Crippen molar-refractivity contribution in [3.05, 3.63) is 71.8 Å². The fourth-order valence-electron chi connectivity index (χ4n) is 7.15. The maximum atomic E-state index is 14.1. The summed E-state index contributed by atoms with van der Waals surface area (Å²) in [6, 6.07) is 15.3. The van der Waals surface area contributed by atoms with Crippen LogP contribution in [0.2, 0.25) is 0 Å². The number of carbonyl (C=O) groups is 4. The van der Waals surface area contributed by atoms with Crippen LogP contribution in [0.5, 0.6) is 0 Å². The number of aliphatic hydroxyl groups excluding tert-OH is 1. The van der Waals surface area contributed by atoms with Gasteiger partial charge < -0.3 is 37.4 Å². The van der Waals surface area contributed by atoms with Crippen molar-refractivity contribution in [2.24, 2.45) is 17.4 Å². The van der Waals surface area contributed by atoms with Crippen LogP contribution in [0, 0.1) is 5.92 Å². The summed E-state index contributed by atoms with van der Waals surface area (Å²) < 4.78 is 0. The Kier molecular flexibility index (Phi) is 15.2. The van der Waals surface area contributed by atoms with Crippen molar-refractivity contribution in [2.45, 2.75) is 101 Å². The molecule has 6 atom stereocenters. The number of β-amino-alcohol motifs (C(OH)–C–C–N with tert-alkyl or cyclic N) is 1. The van der Waals surface area contributed by atoms with Crippen molar-refractivity contribution in [1.82, 2.24) is 25.8 Å². The number of amides is 4. The molecule has 4 rings (SSSR count). The minimum atomic E-state index is -0.984. The van der Waals surface area contributed by atoms with Gasteiger partial charge in [0.25, 0.3) is 0 Å². The van der Waals surface area contributed by atoms with E-state index in [1.807, 2.05) is 79.4 Å². The normalized spacial score (nSPS) is 19.8. The molecule has 2 bridgehead atoms. The molecule has 0 saturated carbocycles. The van der Waals surface area contributed by atoms with Gasteiger partial charge in [-0.25, -0.2) is 0 Å². The third kappa shape index (κ3) is 11.3. The van der Waals surface area contributed by atoms with Crippen molar-refractivity contribution in [1.29, 1.82) is 0 Å². The number of likely N-dealkylation sites (tertiary alicyclic amines) is 1. The standard InChI is InChI=1S/C38H57N7O5/c1-26(2)21-33(36(48)41-32(15-9-10-18-39)38(50)45-29-16-17-30(45)25-44(24-29)19-20-46)43-37(49)34(23-28-13-7-4-8-14-28)42-35(47)31(40)22-27-11-5-3-6-12-27/h3-8,11-14,26,29-34,46H,9-10,15-25,39-40H2,1-2H3,(H,41,48)(H,42,47)(H,43,49). The zero-order valence-corrected chi connectivity index (χ0v) is 29.6. The van der Waals surface area contributed by atoms with Gasteiger partial charge in [0.1, 0.15) is 18.1 Å². The van der Waals surface area contributed by atoms with Gasteiger partial charge >= 0.3 is 0 Å². The first kappa shape index (κ1) is 39.0. The fourth-order valence-corrected chi connectivity index (χ4v) is 7.15. The topological polar surface area (TPSA) is 183 Å². The van der Waals surface area contributed by atoms with Crippen LogP contribution in [0.1, 0.15) is 63.5 Å². The highest BCUT2D eigenvalue weighted by Crippen LogP contribution is 2.31. The minimum Gasteiger partial charge on any atom is -0.395 e. The number of fused-ring (bicyclic) bond motifs is 2. The maximum absolute atomic E-state index is 14.1. The van der Waals surface area contributed by atoms with E-state index in [1.54, 1.807) is 0 Å². The second kappa shape index (κ2) is 19.5. The van der Waals surface area contributed by atoms with Crippen LogP contribution < -0.4 is 27.4 Å². The zero-order chi connectivity index (χ0) is 36.0. The van der Waals surface area contributed by atoms with Crippen LogP contribution in [0.3, 0.4) is 0 Å². The molecule has 0 spiro atoms.